The third-order valence-corrected chi connectivity index (χ3v) is 4.66. The molecule has 0 spiro atoms. The first kappa shape index (κ1) is 24.3. The first-order chi connectivity index (χ1) is 15.0. The number of thiocarbonyl (C=S) groups is 1. The largest absolute Gasteiger partial charge is 0.494 e. The molecule has 0 aliphatic carbocycles. The summed E-state index contributed by atoms with van der Waals surface area (Å²) >= 11 is 5.28. The molecule has 0 bridgehead atoms. The average Bonchev–Trinajstić information content (AvgIpc) is 2.77. The first-order valence-electron chi connectivity index (χ1n) is 10.7. The number of carbonyl (C=O) groups is 2. The second kappa shape index (κ2) is 12.7. The lowest BCUT2D eigenvalue weighted by Gasteiger charge is -2.21. The number of amides is 2. The molecule has 0 aromatic heterocycles. The van der Waals surface area contributed by atoms with E-state index in [1.807, 2.05) is 11.8 Å². The van der Waals surface area contributed by atoms with E-state index >= 15 is 0 Å². The molecule has 2 aromatic carbocycles. The number of rotatable bonds is 10. The molecule has 2 N–H and O–H groups in total. The summed E-state index contributed by atoms with van der Waals surface area (Å²) in [6.45, 7) is 8.23. The Morgan fingerprint density at radius 3 is 2.23 bits per heavy atom. The number of carbonyl (C=O) groups excluding carboxylic acids is 2. The van der Waals surface area contributed by atoms with Crippen molar-refractivity contribution < 1.29 is 14.3 Å². The number of nitrogens with one attached hydrogen (secondary N) is 2. The molecule has 2 rings (SSSR count). The fourth-order valence-corrected chi connectivity index (χ4v) is 3.24. The number of ether oxygens (including phenoxy) is 1. The van der Waals surface area contributed by atoms with Crippen LogP contribution in [0.4, 0.5) is 5.69 Å². The molecule has 166 valence electrons. The maximum absolute atomic E-state index is 12.8. The topological polar surface area (TPSA) is 70.7 Å². The van der Waals surface area contributed by atoms with Crippen molar-refractivity contribution in [2.45, 2.75) is 40.0 Å². The molecule has 0 radical (unpaired) electrons. The molecular weight excluding hydrogens is 410 g/mol. The van der Waals surface area contributed by atoms with Gasteiger partial charge in [-0.2, -0.15) is 0 Å². The summed E-state index contributed by atoms with van der Waals surface area (Å²) in [6, 6.07) is 14.0. The van der Waals surface area contributed by atoms with Gasteiger partial charge in [0.1, 0.15) is 5.75 Å². The maximum Gasteiger partial charge on any atom is 0.257 e. The van der Waals surface area contributed by atoms with Crippen LogP contribution in [-0.2, 0) is 0 Å². The number of benzene rings is 2. The normalized spacial score (nSPS) is 10.3. The lowest BCUT2D eigenvalue weighted by Crippen LogP contribution is -2.34. The highest BCUT2D eigenvalue weighted by atomic mass is 32.1. The van der Waals surface area contributed by atoms with Crippen LogP contribution in [0.1, 0.15) is 60.7 Å². The molecule has 0 atom stereocenters. The number of hydrogen-bond acceptors (Lipinski definition) is 4. The molecular formula is C24H31N3O3S. The van der Waals surface area contributed by atoms with Crippen LogP contribution < -0.4 is 15.4 Å². The molecule has 31 heavy (non-hydrogen) atoms. The standard InChI is InChI=1S/C24H31N3O3S/c1-4-14-27(15-5-2)23(29)19-8-7-9-20(17-19)25-24(31)26-22(28)18-10-12-21(13-11-18)30-16-6-3/h7-13,17H,4-6,14-16H2,1-3H3,(H2,25,26,28,31). The highest BCUT2D eigenvalue weighted by molar-refractivity contribution is 7.80. The zero-order chi connectivity index (χ0) is 22.6. The predicted octanol–water partition coefficient (Wildman–Crippen LogP) is 4.86. The first-order valence-corrected chi connectivity index (χ1v) is 11.1. The van der Waals surface area contributed by atoms with E-state index in [9.17, 15) is 9.59 Å². The Kier molecular flexibility index (Phi) is 9.97. The fraction of sp³-hybridized carbons (Fsp3) is 0.375. The van der Waals surface area contributed by atoms with E-state index in [1.165, 1.54) is 0 Å². The predicted molar refractivity (Wildman–Crippen MR) is 129 cm³/mol. The van der Waals surface area contributed by atoms with Crippen molar-refractivity contribution in [2.75, 3.05) is 25.0 Å². The van der Waals surface area contributed by atoms with Crippen LogP contribution in [0.3, 0.4) is 0 Å². The second-order valence-electron chi connectivity index (χ2n) is 7.15. The summed E-state index contributed by atoms with van der Waals surface area (Å²) in [4.78, 5) is 27.1. The SMILES string of the molecule is CCCOc1ccc(C(=O)NC(=S)Nc2cccc(C(=O)N(CCC)CCC)c2)cc1. The quantitative estimate of drug-likeness (QED) is 0.515. The third kappa shape index (κ3) is 7.68. The van der Waals surface area contributed by atoms with Gasteiger partial charge in [0.15, 0.2) is 5.11 Å². The zero-order valence-electron chi connectivity index (χ0n) is 18.4. The molecule has 2 aromatic rings. The molecule has 0 fully saturated rings. The van der Waals surface area contributed by atoms with Gasteiger partial charge in [-0.1, -0.05) is 26.8 Å². The van der Waals surface area contributed by atoms with E-state index in [1.54, 1.807) is 48.5 Å². The monoisotopic (exact) mass is 441 g/mol. The summed E-state index contributed by atoms with van der Waals surface area (Å²) in [7, 11) is 0. The van der Waals surface area contributed by atoms with Gasteiger partial charge >= 0.3 is 0 Å². The van der Waals surface area contributed by atoms with E-state index in [-0.39, 0.29) is 16.9 Å². The van der Waals surface area contributed by atoms with Gasteiger partial charge in [0.2, 0.25) is 0 Å². The molecule has 0 heterocycles. The highest BCUT2D eigenvalue weighted by Gasteiger charge is 2.15. The molecule has 7 heteroatoms. The van der Waals surface area contributed by atoms with Crippen molar-refractivity contribution in [3.8, 4) is 5.75 Å². The van der Waals surface area contributed by atoms with Gasteiger partial charge in [0, 0.05) is 29.9 Å². The van der Waals surface area contributed by atoms with Gasteiger partial charge in [-0.3, -0.25) is 14.9 Å². The number of nitrogens with zero attached hydrogens (tertiary/aromatic N) is 1. The van der Waals surface area contributed by atoms with E-state index in [0.717, 1.165) is 38.1 Å². The Morgan fingerprint density at radius 1 is 0.935 bits per heavy atom. The van der Waals surface area contributed by atoms with Crippen molar-refractivity contribution in [1.82, 2.24) is 10.2 Å². The number of hydrogen-bond donors (Lipinski definition) is 2. The Bertz CT molecular complexity index is 878. The Morgan fingerprint density at radius 2 is 1.61 bits per heavy atom. The van der Waals surface area contributed by atoms with Gasteiger partial charge in [-0.05, 0) is 73.9 Å². The van der Waals surface area contributed by atoms with Crippen LogP contribution in [0.2, 0.25) is 0 Å². The van der Waals surface area contributed by atoms with Gasteiger partial charge in [-0.15, -0.1) is 0 Å². The maximum atomic E-state index is 12.8. The molecule has 0 aliphatic heterocycles. The number of anilines is 1. The minimum absolute atomic E-state index is 0.00677. The Hall–Kier alpha value is -2.93. The van der Waals surface area contributed by atoms with Gasteiger partial charge in [0.25, 0.3) is 11.8 Å². The molecule has 6 nitrogen and oxygen atoms in total. The lowest BCUT2D eigenvalue weighted by molar-refractivity contribution is 0.0755. The van der Waals surface area contributed by atoms with Crippen LogP contribution in [0.15, 0.2) is 48.5 Å². The molecule has 0 saturated carbocycles. The molecule has 0 aliphatic rings. The van der Waals surface area contributed by atoms with Crippen LogP contribution in [0, 0.1) is 0 Å². The summed E-state index contributed by atoms with van der Waals surface area (Å²) in [6.07, 6.45) is 2.74. The van der Waals surface area contributed by atoms with Crippen molar-refractivity contribution in [3.63, 3.8) is 0 Å². The van der Waals surface area contributed by atoms with E-state index in [4.69, 9.17) is 17.0 Å². The van der Waals surface area contributed by atoms with Gasteiger partial charge < -0.3 is 15.0 Å². The van der Waals surface area contributed by atoms with Crippen molar-refractivity contribution >= 4 is 34.8 Å². The minimum Gasteiger partial charge on any atom is -0.494 e. The Labute approximate surface area is 190 Å². The van der Waals surface area contributed by atoms with E-state index in [0.29, 0.717) is 23.4 Å². The van der Waals surface area contributed by atoms with Crippen LogP contribution in [0.25, 0.3) is 0 Å². The molecule has 0 saturated heterocycles. The smallest absolute Gasteiger partial charge is 0.257 e. The van der Waals surface area contributed by atoms with Crippen LogP contribution in [-0.4, -0.2) is 41.5 Å². The summed E-state index contributed by atoms with van der Waals surface area (Å²) in [5.74, 6) is 0.400. The summed E-state index contributed by atoms with van der Waals surface area (Å²) < 4.78 is 5.53. The van der Waals surface area contributed by atoms with E-state index in [2.05, 4.69) is 24.5 Å². The second-order valence-corrected chi connectivity index (χ2v) is 7.56. The van der Waals surface area contributed by atoms with Gasteiger partial charge in [0.05, 0.1) is 6.61 Å². The fourth-order valence-electron chi connectivity index (χ4n) is 3.03. The van der Waals surface area contributed by atoms with Crippen molar-refractivity contribution in [1.29, 1.82) is 0 Å². The average molecular weight is 442 g/mol. The van der Waals surface area contributed by atoms with Crippen molar-refractivity contribution in [3.05, 3.63) is 59.7 Å². The van der Waals surface area contributed by atoms with Crippen LogP contribution >= 0.6 is 12.2 Å². The lowest BCUT2D eigenvalue weighted by atomic mass is 10.1. The third-order valence-electron chi connectivity index (χ3n) is 4.46. The minimum atomic E-state index is -0.316. The van der Waals surface area contributed by atoms with Gasteiger partial charge in [-0.25, -0.2) is 0 Å². The van der Waals surface area contributed by atoms with Crippen LogP contribution in [0.5, 0.6) is 5.75 Å². The summed E-state index contributed by atoms with van der Waals surface area (Å²) in [5, 5.41) is 5.82. The van der Waals surface area contributed by atoms with E-state index < -0.39 is 0 Å². The molecule has 2 amide bonds. The zero-order valence-corrected chi connectivity index (χ0v) is 19.3. The molecule has 0 unspecified atom stereocenters. The highest BCUT2D eigenvalue weighted by Crippen LogP contribution is 2.15. The Balaban J connectivity index is 1.98. The van der Waals surface area contributed by atoms with Crippen molar-refractivity contribution in [2.24, 2.45) is 0 Å². The summed E-state index contributed by atoms with van der Waals surface area (Å²) in [5.41, 5.74) is 1.71.